The molecule has 2 aliphatic rings. The fourth-order valence-corrected chi connectivity index (χ4v) is 4.43. The van der Waals surface area contributed by atoms with Gasteiger partial charge < -0.3 is 10.2 Å². The number of nitrogens with zero attached hydrogens (tertiary/aromatic N) is 2. The molecule has 3 nitrogen and oxygen atoms in total. The maximum absolute atomic E-state index is 3.77. The number of hydrogen-bond acceptors (Lipinski definition) is 3. The Bertz CT molecular complexity index is 294. The summed E-state index contributed by atoms with van der Waals surface area (Å²) in [7, 11) is 2.25. The Balaban J connectivity index is 1.97. The zero-order valence-corrected chi connectivity index (χ0v) is 14.2. The predicted molar refractivity (Wildman–Crippen MR) is 87.0 cm³/mol. The SMILES string of the molecule is CCNC1CC(C)CC(C)C1CN1CCN(C)CC1C. The van der Waals surface area contributed by atoms with Crippen LogP contribution in [-0.2, 0) is 0 Å². The van der Waals surface area contributed by atoms with Crippen LogP contribution < -0.4 is 5.32 Å². The third kappa shape index (κ3) is 3.96. The molecule has 1 heterocycles. The zero-order valence-electron chi connectivity index (χ0n) is 14.2. The van der Waals surface area contributed by atoms with E-state index in [4.69, 9.17) is 0 Å². The van der Waals surface area contributed by atoms with Gasteiger partial charge in [-0.25, -0.2) is 0 Å². The Hall–Kier alpha value is -0.120. The minimum absolute atomic E-state index is 0.711. The van der Waals surface area contributed by atoms with Crippen molar-refractivity contribution < 1.29 is 0 Å². The predicted octanol–water partition coefficient (Wildman–Crippen LogP) is 2.28. The highest BCUT2D eigenvalue weighted by atomic mass is 15.3. The number of hydrogen-bond donors (Lipinski definition) is 1. The summed E-state index contributed by atoms with van der Waals surface area (Å²) in [5, 5.41) is 3.77. The van der Waals surface area contributed by atoms with Crippen LogP contribution in [0, 0.1) is 17.8 Å². The van der Waals surface area contributed by atoms with Crippen molar-refractivity contribution >= 4 is 0 Å². The van der Waals surface area contributed by atoms with Crippen molar-refractivity contribution in [1.82, 2.24) is 15.1 Å². The fraction of sp³-hybridized carbons (Fsp3) is 1.00. The molecule has 5 atom stereocenters. The molecule has 118 valence electrons. The first-order valence-corrected chi connectivity index (χ1v) is 8.67. The van der Waals surface area contributed by atoms with E-state index >= 15 is 0 Å². The van der Waals surface area contributed by atoms with E-state index in [1.807, 2.05) is 0 Å². The van der Waals surface area contributed by atoms with Crippen molar-refractivity contribution in [2.24, 2.45) is 17.8 Å². The maximum atomic E-state index is 3.77. The van der Waals surface area contributed by atoms with Crippen LogP contribution in [0.1, 0.15) is 40.5 Å². The molecule has 3 heteroatoms. The lowest BCUT2D eigenvalue weighted by Crippen LogP contribution is -2.55. The van der Waals surface area contributed by atoms with Crippen molar-refractivity contribution in [2.45, 2.75) is 52.6 Å². The first-order valence-electron chi connectivity index (χ1n) is 8.67. The molecule has 1 aliphatic carbocycles. The van der Waals surface area contributed by atoms with E-state index in [2.05, 4.69) is 49.9 Å². The van der Waals surface area contributed by atoms with Crippen LogP contribution >= 0.6 is 0 Å². The molecule has 0 spiro atoms. The van der Waals surface area contributed by atoms with E-state index in [0.29, 0.717) is 6.04 Å². The maximum Gasteiger partial charge on any atom is 0.0195 e. The summed E-state index contributed by atoms with van der Waals surface area (Å²) in [5.41, 5.74) is 0. The number of rotatable bonds is 4. The average molecular weight is 281 g/mol. The van der Waals surface area contributed by atoms with E-state index in [1.54, 1.807) is 0 Å². The van der Waals surface area contributed by atoms with Crippen molar-refractivity contribution in [2.75, 3.05) is 39.8 Å². The molecular formula is C17H35N3. The fourth-order valence-electron chi connectivity index (χ4n) is 4.43. The van der Waals surface area contributed by atoms with Gasteiger partial charge >= 0.3 is 0 Å². The van der Waals surface area contributed by atoms with E-state index < -0.39 is 0 Å². The van der Waals surface area contributed by atoms with E-state index in [9.17, 15) is 0 Å². The van der Waals surface area contributed by atoms with E-state index in [1.165, 1.54) is 39.0 Å². The molecule has 0 amide bonds. The largest absolute Gasteiger partial charge is 0.314 e. The highest BCUT2D eigenvalue weighted by Crippen LogP contribution is 2.34. The van der Waals surface area contributed by atoms with Crippen molar-refractivity contribution in [3.05, 3.63) is 0 Å². The molecule has 20 heavy (non-hydrogen) atoms. The van der Waals surface area contributed by atoms with Crippen LogP contribution in [-0.4, -0.2) is 61.7 Å². The Kier molecular flexibility index (Phi) is 5.88. The molecule has 1 saturated carbocycles. The first kappa shape index (κ1) is 16.3. The normalized spacial score (nSPS) is 41.0. The lowest BCUT2D eigenvalue weighted by molar-refractivity contribution is 0.0455. The highest BCUT2D eigenvalue weighted by Gasteiger charge is 2.35. The van der Waals surface area contributed by atoms with Crippen molar-refractivity contribution in [3.63, 3.8) is 0 Å². The summed E-state index contributed by atoms with van der Waals surface area (Å²) >= 11 is 0. The second kappa shape index (κ2) is 7.24. The number of likely N-dealkylation sites (N-methyl/N-ethyl adjacent to an activating group) is 1. The van der Waals surface area contributed by atoms with Gasteiger partial charge in [0, 0.05) is 38.3 Å². The number of piperazine rings is 1. The smallest absolute Gasteiger partial charge is 0.0195 e. The molecule has 1 saturated heterocycles. The van der Waals surface area contributed by atoms with Gasteiger partial charge in [0.25, 0.3) is 0 Å². The highest BCUT2D eigenvalue weighted by molar-refractivity contribution is 4.91. The lowest BCUT2D eigenvalue weighted by Gasteiger charge is -2.46. The Labute approximate surface area is 126 Å². The van der Waals surface area contributed by atoms with E-state index in [0.717, 1.165) is 30.3 Å². The van der Waals surface area contributed by atoms with Crippen molar-refractivity contribution in [3.8, 4) is 0 Å². The van der Waals surface area contributed by atoms with Crippen LogP contribution in [0.3, 0.4) is 0 Å². The quantitative estimate of drug-likeness (QED) is 0.853. The molecule has 0 radical (unpaired) electrons. The summed E-state index contributed by atoms with van der Waals surface area (Å²) in [6.45, 7) is 15.7. The summed E-state index contributed by atoms with van der Waals surface area (Å²) in [6, 6.07) is 1.44. The first-order chi connectivity index (χ1) is 9.51. The van der Waals surface area contributed by atoms with Gasteiger partial charge in [0.05, 0.1) is 0 Å². The standard InChI is InChI=1S/C17H35N3/c1-6-18-17-10-13(2)9-14(3)16(17)12-20-8-7-19(5)11-15(20)4/h13-18H,6-12H2,1-5H3. The van der Waals surface area contributed by atoms with Gasteiger partial charge in [-0.15, -0.1) is 0 Å². The Morgan fingerprint density at radius 3 is 2.50 bits per heavy atom. The molecule has 2 fully saturated rings. The monoisotopic (exact) mass is 281 g/mol. The second-order valence-electron chi connectivity index (χ2n) is 7.49. The van der Waals surface area contributed by atoms with Crippen LogP contribution in [0.2, 0.25) is 0 Å². The molecule has 0 aromatic heterocycles. The third-order valence-corrected chi connectivity index (χ3v) is 5.56. The van der Waals surface area contributed by atoms with Gasteiger partial charge in [0.2, 0.25) is 0 Å². The summed E-state index contributed by atoms with van der Waals surface area (Å²) in [5.74, 6) is 2.57. The summed E-state index contributed by atoms with van der Waals surface area (Å²) in [4.78, 5) is 5.21. The minimum Gasteiger partial charge on any atom is -0.314 e. The summed E-state index contributed by atoms with van der Waals surface area (Å²) < 4.78 is 0. The molecule has 1 N–H and O–H groups in total. The minimum atomic E-state index is 0.711. The van der Waals surface area contributed by atoms with Gasteiger partial charge in [-0.2, -0.15) is 0 Å². The molecule has 0 bridgehead atoms. The van der Waals surface area contributed by atoms with Gasteiger partial charge in [0.15, 0.2) is 0 Å². The van der Waals surface area contributed by atoms with E-state index in [-0.39, 0.29) is 0 Å². The molecule has 0 aromatic carbocycles. The van der Waals surface area contributed by atoms with Crippen LogP contribution in [0.25, 0.3) is 0 Å². The number of nitrogens with one attached hydrogen (secondary N) is 1. The topological polar surface area (TPSA) is 18.5 Å². The third-order valence-electron chi connectivity index (χ3n) is 5.56. The lowest BCUT2D eigenvalue weighted by atomic mass is 9.72. The van der Waals surface area contributed by atoms with Crippen LogP contribution in [0.4, 0.5) is 0 Å². The van der Waals surface area contributed by atoms with Gasteiger partial charge in [0.1, 0.15) is 0 Å². The van der Waals surface area contributed by atoms with Gasteiger partial charge in [-0.3, -0.25) is 4.90 Å². The molecule has 2 rings (SSSR count). The van der Waals surface area contributed by atoms with Gasteiger partial charge in [-0.05, 0) is 51.1 Å². The summed E-state index contributed by atoms with van der Waals surface area (Å²) in [6.07, 6.45) is 2.78. The zero-order chi connectivity index (χ0) is 14.7. The molecule has 5 unspecified atom stereocenters. The van der Waals surface area contributed by atoms with Crippen molar-refractivity contribution in [1.29, 1.82) is 0 Å². The molecule has 1 aliphatic heterocycles. The van der Waals surface area contributed by atoms with Crippen LogP contribution in [0.5, 0.6) is 0 Å². The molecule has 0 aromatic rings. The Morgan fingerprint density at radius 1 is 1.10 bits per heavy atom. The van der Waals surface area contributed by atoms with Crippen LogP contribution in [0.15, 0.2) is 0 Å². The average Bonchev–Trinajstić information content (AvgIpc) is 2.36. The molecular weight excluding hydrogens is 246 g/mol. The Morgan fingerprint density at radius 2 is 1.85 bits per heavy atom. The second-order valence-corrected chi connectivity index (χ2v) is 7.49. The van der Waals surface area contributed by atoms with Gasteiger partial charge in [-0.1, -0.05) is 20.8 Å².